The van der Waals surface area contributed by atoms with E-state index in [1.54, 1.807) is 0 Å². The molecule has 0 saturated heterocycles. The number of hydrogen-bond acceptors (Lipinski definition) is 1. The fourth-order valence-electron chi connectivity index (χ4n) is 3.63. The van der Waals surface area contributed by atoms with Crippen LogP contribution in [0.5, 0.6) is 0 Å². The number of rotatable bonds is 7. The fraction of sp³-hybridized carbons (Fsp3) is 0.632. The third kappa shape index (κ3) is 4.19. The van der Waals surface area contributed by atoms with Gasteiger partial charge in [-0.15, -0.1) is 0 Å². The van der Waals surface area contributed by atoms with Crippen LogP contribution < -0.4 is 0 Å². The summed E-state index contributed by atoms with van der Waals surface area (Å²) in [5.41, 5.74) is 1.35. The van der Waals surface area contributed by atoms with E-state index in [-0.39, 0.29) is 0 Å². The van der Waals surface area contributed by atoms with E-state index in [0.717, 1.165) is 18.4 Å². The van der Waals surface area contributed by atoms with Crippen molar-refractivity contribution in [3.63, 3.8) is 0 Å². The maximum absolute atomic E-state index is 12.3. The van der Waals surface area contributed by atoms with Crippen LogP contribution in [0.25, 0.3) is 0 Å². The van der Waals surface area contributed by atoms with Crippen molar-refractivity contribution in [2.75, 3.05) is 0 Å². The first kappa shape index (κ1) is 15.3. The standard InChI is InChI=1S/C19H28O/c1-2-3-13-19(14-8-5-9-15-19)16-12-18(20)17-10-6-4-7-11-17/h4,6-7,10-11H,2-3,5,8-9,12-16H2,1H3. The Balaban J connectivity index is 1.93. The number of ketones is 1. The van der Waals surface area contributed by atoms with Gasteiger partial charge in [0.2, 0.25) is 0 Å². The molecule has 1 fully saturated rings. The van der Waals surface area contributed by atoms with E-state index in [1.165, 1.54) is 51.4 Å². The zero-order valence-corrected chi connectivity index (χ0v) is 12.9. The highest BCUT2D eigenvalue weighted by molar-refractivity contribution is 5.95. The molecule has 1 heteroatoms. The van der Waals surface area contributed by atoms with Gasteiger partial charge in [-0.05, 0) is 31.1 Å². The molecule has 0 heterocycles. The summed E-state index contributed by atoms with van der Waals surface area (Å²) in [5, 5.41) is 0. The Morgan fingerprint density at radius 1 is 1.05 bits per heavy atom. The van der Waals surface area contributed by atoms with E-state index in [9.17, 15) is 4.79 Å². The second-order valence-corrected chi connectivity index (χ2v) is 6.45. The van der Waals surface area contributed by atoms with Crippen LogP contribution in [0.2, 0.25) is 0 Å². The fourth-order valence-corrected chi connectivity index (χ4v) is 3.63. The van der Waals surface area contributed by atoms with Gasteiger partial charge in [0.1, 0.15) is 0 Å². The minimum atomic E-state index is 0.326. The van der Waals surface area contributed by atoms with Crippen molar-refractivity contribution < 1.29 is 4.79 Å². The van der Waals surface area contributed by atoms with Gasteiger partial charge in [0.25, 0.3) is 0 Å². The number of benzene rings is 1. The van der Waals surface area contributed by atoms with Crippen LogP contribution in [0.3, 0.4) is 0 Å². The molecule has 1 aliphatic carbocycles. The molecule has 1 nitrogen and oxygen atoms in total. The van der Waals surface area contributed by atoms with Crippen molar-refractivity contribution in [2.45, 2.75) is 71.1 Å². The van der Waals surface area contributed by atoms with Gasteiger partial charge < -0.3 is 0 Å². The first-order chi connectivity index (χ1) is 9.76. The highest BCUT2D eigenvalue weighted by atomic mass is 16.1. The van der Waals surface area contributed by atoms with Gasteiger partial charge in [-0.3, -0.25) is 4.79 Å². The van der Waals surface area contributed by atoms with Crippen molar-refractivity contribution in [3.8, 4) is 0 Å². The lowest BCUT2D eigenvalue weighted by Gasteiger charge is -2.37. The average molecular weight is 272 g/mol. The monoisotopic (exact) mass is 272 g/mol. The smallest absolute Gasteiger partial charge is 0.162 e. The van der Waals surface area contributed by atoms with Crippen LogP contribution >= 0.6 is 0 Å². The summed E-state index contributed by atoms with van der Waals surface area (Å²) in [5.74, 6) is 0.326. The van der Waals surface area contributed by atoms with Crippen molar-refractivity contribution in [1.82, 2.24) is 0 Å². The SMILES string of the molecule is CCCCC1(CCC(=O)c2ccccc2)CCCCC1. The molecule has 0 amide bonds. The van der Waals surface area contributed by atoms with Crippen molar-refractivity contribution in [1.29, 1.82) is 0 Å². The molecule has 1 aromatic rings. The van der Waals surface area contributed by atoms with Gasteiger partial charge in [-0.2, -0.15) is 0 Å². The zero-order chi connectivity index (χ0) is 14.3. The Morgan fingerprint density at radius 3 is 2.40 bits per heavy atom. The van der Waals surface area contributed by atoms with E-state index in [2.05, 4.69) is 6.92 Å². The number of unbranched alkanes of at least 4 members (excludes halogenated alkanes) is 1. The minimum absolute atomic E-state index is 0.326. The molecule has 0 N–H and O–H groups in total. The van der Waals surface area contributed by atoms with Crippen LogP contribution in [0.4, 0.5) is 0 Å². The van der Waals surface area contributed by atoms with Gasteiger partial charge in [0, 0.05) is 12.0 Å². The predicted molar refractivity (Wildman–Crippen MR) is 85.0 cm³/mol. The molecule has 0 spiro atoms. The Morgan fingerprint density at radius 2 is 1.75 bits per heavy atom. The van der Waals surface area contributed by atoms with E-state index < -0.39 is 0 Å². The summed E-state index contributed by atoms with van der Waals surface area (Å²) in [6.07, 6.45) is 12.5. The number of carbonyl (C=O) groups is 1. The molecule has 20 heavy (non-hydrogen) atoms. The van der Waals surface area contributed by atoms with E-state index in [0.29, 0.717) is 11.2 Å². The number of Topliss-reactive ketones (excluding diaryl/α,β-unsaturated/α-hetero) is 1. The minimum Gasteiger partial charge on any atom is -0.294 e. The number of carbonyl (C=O) groups excluding carboxylic acids is 1. The van der Waals surface area contributed by atoms with Crippen molar-refractivity contribution in [2.24, 2.45) is 5.41 Å². The van der Waals surface area contributed by atoms with Gasteiger partial charge in [0.15, 0.2) is 5.78 Å². The highest BCUT2D eigenvalue weighted by Gasteiger charge is 2.31. The summed E-state index contributed by atoms with van der Waals surface area (Å²) in [6, 6.07) is 9.78. The summed E-state index contributed by atoms with van der Waals surface area (Å²) in [7, 11) is 0. The molecule has 1 aliphatic rings. The molecule has 0 aromatic heterocycles. The summed E-state index contributed by atoms with van der Waals surface area (Å²) >= 11 is 0. The van der Waals surface area contributed by atoms with Gasteiger partial charge in [-0.25, -0.2) is 0 Å². The van der Waals surface area contributed by atoms with Crippen molar-refractivity contribution in [3.05, 3.63) is 35.9 Å². The average Bonchev–Trinajstić information content (AvgIpc) is 2.52. The van der Waals surface area contributed by atoms with Crippen LogP contribution in [-0.2, 0) is 0 Å². The van der Waals surface area contributed by atoms with Crippen LogP contribution in [0.15, 0.2) is 30.3 Å². The highest BCUT2D eigenvalue weighted by Crippen LogP contribution is 2.44. The van der Waals surface area contributed by atoms with Gasteiger partial charge in [-0.1, -0.05) is 69.4 Å². The molecule has 110 valence electrons. The quantitative estimate of drug-likeness (QED) is 0.574. The van der Waals surface area contributed by atoms with E-state index in [4.69, 9.17) is 0 Å². The molecule has 1 aromatic carbocycles. The van der Waals surface area contributed by atoms with Gasteiger partial charge >= 0.3 is 0 Å². The molecule has 0 aliphatic heterocycles. The first-order valence-electron chi connectivity index (χ1n) is 8.34. The Labute approximate surface area is 123 Å². The first-order valence-corrected chi connectivity index (χ1v) is 8.34. The second kappa shape index (κ2) is 7.61. The Hall–Kier alpha value is -1.11. The molecular weight excluding hydrogens is 244 g/mol. The van der Waals surface area contributed by atoms with Gasteiger partial charge in [0.05, 0.1) is 0 Å². The maximum Gasteiger partial charge on any atom is 0.162 e. The van der Waals surface area contributed by atoms with E-state index >= 15 is 0 Å². The topological polar surface area (TPSA) is 17.1 Å². The lowest BCUT2D eigenvalue weighted by atomic mass is 9.68. The third-order valence-corrected chi connectivity index (χ3v) is 4.95. The van der Waals surface area contributed by atoms with Crippen molar-refractivity contribution >= 4 is 5.78 Å². The molecule has 0 bridgehead atoms. The Kier molecular flexibility index (Phi) is 5.82. The van der Waals surface area contributed by atoms with Crippen LogP contribution in [-0.4, -0.2) is 5.78 Å². The predicted octanol–water partition coefficient (Wildman–Crippen LogP) is 5.79. The summed E-state index contributed by atoms with van der Waals surface area (Å²) < 4.78 is 0. The maximum atomic E-state index is 12.3. The zero-order valence-electron chi connectivity index (χ0n) is 12.9. The largest absolute Gasteiger partial charge is 0.294 e. The lowest BCUT2D eigenvalue weighted by Crippen LogP contribution is -2.25. The lowest BCUT2D eigenvalue weighted by molar-refractivity contribution is 0.0918. The summed E-state index contributed by atoms with van der Waals surface area (Å²) in [6.45, 7) is 2.27. The van der Waals surface area contributed by atoms with Crippen LogP contribution in [0.1, 0.15) is 81.5 Å². The molecule has 0 unspecified atom stereocenters. The molecule has 0 radical (unpaired) electrons. The third-order valence-electron chi connectivity index (χ3n) is 4.95. The Bertz CT molecular complexity index is 401. The molecular formula is C19H28O. The molecule has 1 saturated carbocycles. The second-order valence-electron chi connectivity index (χ2n) is 6.45. The molecule has 0 atom stereocenters. The van der Waals surface area contributed by atoms with Crippen LogP contribution in [0, 0.1) is 5.41 Å². The number of hydrogen-bond donors (Lipinski definition) is 0. The molecule has 2 rings (SSSR count). The summed E-state index contributed by atoms with van der Waals surface area (Å²) in [4.78, 5) is 12.3. The van der Waals surface area contributed by atoms with E-state index in [1.807, 2.05) is 30.3 Å². The normalized spacial score (nSPS) is 17.9.